The number of hydrogen-bond acceptors (Lipinski definition) is 6. The van der Waals surface area contributed by atoms with E-state index in [-0.39, 0.29) is 26.4 Å². The molecule has 0 spiro atoms. The van der Waals surface area contributed by atoms with Crippen molar-refractivity contribution in [2.75, 3.05) is 26.4 Å². The Morgan fingerprint density at radius 2 is 0.700 bits per heavy atom. The van der Waals surface area contributed by atoms with Gasteiger partial charge in [0.2, 0.25) is 0 Å². The third-order valence-corrected chi connectivity index (χ3v) is 4.12. The van der Waals surface area contributed by atoms with Gasteiger partial charge in [0.1, 0.15) is 0 Å². The maximum atomic E-state index is 9.05. The van der Waals surface area contributed by atoms with Crippen LogP contribution >= 0.6 is 0 Å². The molecule has 20 heavy (non-hydrogen) atoms. The summed E-state index contributed by atoms with van der Waals surface area (Å²) in [4.78, 5) is 0. The lowest BCUT2D eigenvalue weighted by Crippen LogP contribution is -2.66. The molecule has 0 atom stereocenters. The van der Waals surface area contributed by atoms with Gasteiger partial charge in [-0.2, -0.15) is 0 Å². The Morgan fingerprint density at radius 3 is 0.850 bits per heavy atom. The predicted octanol–water partition coefficient (Wildman–Crippen LogP) is -0.529. The van der Waals surface area contributed by atoms with Gasteiger partial charge in [-0.25, -0.2) is 0 Å². The van der Waals surface area contributed by atoms with E-state index >= 15 is 0 Å². The molecular weight excluding hydrogens is 260 g/mol. The van der Waals surface area contributed by atoms with E-state index in [0.717, 1.165) is 0 Å². The van der Waals surface area contributed by atoms with E-state index in [2.05, 4.69) is 0 Å². The summed E-state index contributed by atoms with van der Waals surface area (Å²) in [6.45, 7) is 0.199. The summed E-state index contributed by atoms with van der Waals surface area (Å²) in [7, 11) is 0. The summed E-state index contributed by atoms with van der Waals surface area (Å²) < 4.78 is 0. The van der Waals surface area contributed by atoms with Gasteiger partial charge in [-0.15, -0.1) is 0 Å². The van der Waals surface area contributed by atoms with Crippen LogP contribution in [-0.4, -0.2) is 57.9 Å². The first-order valence-corrected chi connectivity index (χ1v) is 7.51. The molecule has 0 unspecified atom stereocenters. The Kier molecular flexibility index (Phi) is 10.4. The average Bonchev–Trinajstić information content (AvgIpc) is 2.46. The SMILES string of the molecule is NC(CCCO)(CCCO)C(N)(CCCO)CCCO. The van der Waals surface area contributed by atoms with Crippen LogP contribution in [0.3, 0.4) is 0 Å². The van der Waals surface area contributed by atoms with Crippen LogP contribution in [0.2, 0.25) is 0 Å². The summed E-state index contributed by atoms with van der Waals surface area (Å²) in [5.41, 5.74) is 11.6. The molecule has 0 aliphatic carbocycles. The van der Waals surface area contributed by atoms with Crippen LogP contribution < -0.4 is 11.5 Å². The van der Waals surface area contributed by atoms with Crippen molar-refractivity contribution in [2.45, 2.75) is 62.4 Å². The van der Waals surface area contributed by atoms with Crippen LogP contribution in [0.4, 0.5) is 0 Å². The minimum absolute atomic E-state index is 0.0498. The Labute approximate surface area is 121 Å². The fourth-order valence-electron chi connectivity index (χ4n) is 2.82. The normalized spacial score (nSPS) is 12.9. The molecule has 0 saturated heterocycles. The molecule has 8 N–H and O–H groups in total. The zero-order valence-corrected chi connectivity index (χ0v) is 12.4. The summed E-state index contributed by atoms with van der Waals surface area (Å²) in [5, 5.41) is 36.2. The lowest BCUT2D eigenvalue weighted by molar-refractivity contribution is 0.120. The molecule has 6 heteroatoms. The van der Waals surface area contributed by atoms with Gasteiger partial charge in [0.25, 0.3) is 0 Å². The molecule has 0 aliphatic heterocycles. The number of nitrogens with two attached hydrogens (primary N) is 2. The molecule has 0 radical (unpaired) electrons. The quantitative estimate of drug-likeness (QED) is 0.270. The standard InChI is InChI=1S/C14H32N2O4/c15-13(5-1-9-17,6-2-10-18)14(16,7-3-11-19)8-4-12-20/h17-20H,1-12,15-16H2. The number of hydrogen-bond donors (Lipinski definition) is 6. The predicted molar refractivity (Wildman–Crippen MR) is 79.1 cm³/mol. The average molecular weight is 292 g/mol. The van der Waals surface area contributed by atoms with Gasteiger partial charge >= 0.3 is 0 Å². The fraction of sp³-hybridized carbons (Fsp3) is 1.00. The first-order chi connectivity index (χ1) is 9.49. The minimum Gasteiger partial charge on any atom is -0.396 e. The second-order valence-corrected chi connectivity index (χ2v) is 5.62. The maximum absolute atomic E-state index is 9.05. The highest BCUT2D eigenvalue weighted by atomic mass is 16.3. The van der Waals surface area contributed by atoms with Crippen molar-refractivity contribution in [2.24, 2.45) is 11.5 Å². The molecule has 0 bridgehead atoms. The van der Waals surface area contributed by atoms with E-state index in [1.54, 1.807) is 0 Å². The van der Waals surface area contributed by atoms with Gasteiger partial charge in [0, 0.05) is 37.5 Å². The second-order valence-electron chi connectivity index (χ2n) is 5.62. The van der Waals surface area contributed by atoms with Crippen LogP contribution in [0.5, 0.6) is 0 Å². The maximum Gasteiger partial charge on any atom is 0.0431 e. The van der Waals surface area contributed by atoms with Crippen LogP contribution in [0.25, 0.3) is 0 Å². The van der Waals surface area contributed by atoms with Crippen molar-refractivity contribution in [1.29, 1.82) is 0 Å². The summed E-state index contributed by atoms with van der Waals surface area (Å²) in [6, 6.07) is 0. The summed E-state index contributed by atoms with van der Waals surface area (Å²) in [6.07, 6.45) is 4.48. The smallest absolute Gasteiger partial charge is 0.0431 e. The summed E-state index contributed by atoms with van der Waals surface area (Å²) in [5.74, 6) is 0. The van der Waals surface area contributed by atoms with Crippen molar-refractivity contribution >= 4 is 0 Å². The van der Waals surface area contributed by atoms with Gasteiger partial charge in [0.05, 0.1) is 0 Å². The van der Waals surface area contributed by atoms with E-state index in [0.29, 0.717) is 51.4 Å². The molecule has 0 aliphatic rings. The van der Waals surface area contributed by atoms with Gasteiger partial charge in [-0.1, -0.05) is 0 Å². The van der Waals surface area contributed by atoms with Crippen molar-refractivity contribution < 1.29 is 20.4 Å². The molecule has 0 amide bonds. The first-order valence-electron chi connectivity index (χ1n) is 7.51. The molecule has 122 valence electrons. The Bertz CT molecular complexity index is 199. The minimum atomic E-state index is -0.706. The highest BCUT2D eigenvalue weighted by Gasteiger charge is 2.43. The number of aliphatic hydroxyl groups excluding tert-OH is 4. The van der Waals surface area contributed by atoms with E-state index in [9.17, 15) is 0 Å². The Hall–Kier alpha value is -0.240. The Morgan fingerprint density at radius 1 is 0.500 bits per heavy atom. The van der Waals surface area contributed by atoms with Crippen molar-refractivity contribution in [3.63, 3.8) is 0 Å². The highest BCUT2D eigenvalue weighted by Crippen LogP contribution is 2.34. The number of aliphatic hydroxyl groups is 4. The molecular formula is C14H32N2O4. The van der Waals surface area contributed by atoms with Crippen LogP contribution in [0.1, 0.15) is 51.4 Å². The zero-order chi connectivity index (χ0) is 15.5. The molecule has 0 aromatic heterocycles. The third-order valence-electron chi connectivity index (χ3n) is 4.12. The van der Waals surface area contributed by atoms with Crippen LogP contribution in [-0.2, 0) is 0 Å². The monoisotopic (exact) mass is 292 g/mol. The topological polar surface area (TPSA) is 133 Å². The lowest BCUT2D eigenvalue weighted by atomic mass is 9.67. The summed E-state index contributed by atoms with van der Waals surface area (Å²) >= 11 is 0. The second kappa shape index (κ2) is 10.5. The highest BCUT2D eigenvalue weighted by molar-refractivity contribution is 5.06. The molecule has 0 aromatic rings. The van der Waals surface area contributed by atoms with E-state index in [1.807, 2.05) is 0 Å². The van der Waals surface area contributed by atoms with Crippen molar-refractivity contribution in [3.05, 3.63) is 0 Å². The molecule has 0 rings (SSSR count). The third kappa shape index (κ3) is 6.03. The zero-order valence-electron chi connectivity index (χ0n) is 12.4. The van der Waals surface area contributed by atoms with E-state index < -0.39 is 11.1 Å². The Balaban J connectivity index is 5.02. The van der Waals surface area contributed by atoms with Crippen LogP contribution in [0, 0.1) is 0 Å². The number of rotatable bonds is 13. The van der Waals surface area contributed by atoms with Gasteiger partial charge in [-0.05, 0) is 51.4 Å². The van der Waals surface area contributed by atoms with E-state index in [4.69, 9.17) is 31.9 Å². The van der Waals surface area contributed by atoms with Gasteiger partial charge in [0.15, 0.2) is 0 Å². The molecule has 0 heterocycles. The fourth-order valence-corrected chi connectivity index (χ4v) is 2.82. The van der Waals surface area contributed by atoms with Gasteiger partial charge < -0.3 is 31.9 Å². The molecule has 0 fully saturated rings. The molecule has 6 nitrogen and oxygen atoms in total. The largest absolute Gasteiger partial charge is 0.396 e. The van der Waals surface area contributed by atoms with Gasteiger partial charge in [-0.3, -0.25) is 0 Å². The first kappa shape index (κ1) is 19.8. The van der Waals surface area contributed by atoms with Crippen molar-refractivity contribution in [3.8, 4) is 0 Å². The lowest BCUT2D eigenvalue weighted by Gasteiger charge is -2.47. The van der Waals surface area contributed by atoms with E-state index in [1.165, 1.54) is 0 Å². The van der Waals surface area contributed by atoms with Crippen LogP contribution in [0.15, 0.2) is 0 Å². The molecule has 0 saturated carbocycles. The van der Waals surface area contributed by atoms with Crippen molar-refractivity contribution in [1.82, 2.24) is 0 Å². The molecule has 0 aromatic carbocycles.